The Hall–Kier alpha value is -2.98. The van der Waals surface area contributed by atoms with Crippen molar-refractivity contribution in [2.75, 3.05) is 0 Å². The molecule has 1 aliphatic rings. The first kappa shape index (κ1) is 13.3. The number of benzene rings is 2. The number of pyridine rings is 1. The molecule has 1 aliphatic heterocycles. The zero-order valence-corrected chi connectivity index (χ0v) is 14.2. The number of thiazole rings is 1. The average Bonchev–Trinajstić information content (AvgIpc) is 3.30. The second kappa shape index (κ2) is 4.77. The van der Waals surface area contributed by atoms with Crippen LogP contribution in [-0.4, -0.2) is 9.55 Å². The lowest BCUT2D eigenvalue weighted by Gasteiger charge is -2.00. The van der Waals surface area contributed by atoms with Crippen LogP contribution in [0.15, 0.2) is 72.9 Å². The molecule has 0 amide bonds. The second-order valence-electron chi connectivity index (χ2n) is 6.35. The fraction of sp³-hybridized carbons (Fsp3) is 0.0476. The van der Waals surface area contributed by atoms with Crippen LogP contribution in [0.4, 0.5) is 0 Å². The summed E-state index contributed by atoms with van der Waals surface area (Å²) < 4.78 is 6.06. The maximum Gasteiger partial charge on any atom is 0.308 e. The SMILES string of the molecule is c1ccc(-n2c3ncccc3c3sc4[n+](c32)Cc2ccccc2-4)cc1. The first-order valence-electron chi connectivity index (χ1n) is 8.37. The molecule has 0 radical (unpaired) electrons. The van der Waals surface area contributed by atoms with Gasteiger partial charge in [-0.2, -0.15) is 4.57 Å². The summed E-state index contributed by atoms with van der Waals surface area (Å²) in [6, 6.07) is 23.5. The van der Waals surface area contributed by atoms with Crippen molar-refractivity contribution < 1.29 is 4.57 Å². The summed E-state index contributed by atoms with van der Waals surface area (Å²) in [5, 5.41) is 2.57. The Morgan fingerprint density at radius 2 is 1.76 bits per heavy atom. The van der Waals surface area contributed by atoms with Crippen molar-refractivity contribution in [2.24, 2.45) is 0 Å². The second-order valence-corrected chi connectivity index (χ2v) is 7.35. The Kier molecular flexibility index (Phi) is 2.54. The summed E-state index contributed by atoms with van der Waals surface area (Å²) in [4.78, 5) is 4.70. The van der Waals surface area contributed by atoms with Gasteiger partial charge in [0.1, 0.15) is 16.9 Å². The molecule has 0 aliphatic carbocycles. The van der Waals surface area contributed by atoms with Gasteiger partial charge in [-0.3, -0.25) is 0 Å². The Morgan fingerprint density at radius 3 is 2.68 bits per heavy atom. The van der Waals surface area contributed by atoms with Crippen LogP contribution in [0.1, 0.15) is 5.56 Å². The number of para-hydroxylation sites is 1. The van der Waals surface area contributed by atoms with Gasteiger partial charge in [-0.15, -0.1) is 0 Å². The van der Waals surface area contributed by atoms with Gasteiger partial charge in [0.05, 0.1) is 5.39 Å². The van der Waals surface area contributed by atoms with Gasteiger partial charge in [0.25, 0.3) is 0 Å². The molecule has 0 N–H and O–H groups in total. The lowest BCUT2D eigenvalue weighted by Crippen LogP contribution is -2.32. The third kappa shape index (κ3) is 1.69. The molecule has 0 spiro atoms. The normalized spacial score (nSPS) is 12.6. The van der Waals surface area contributed by atoms with E-state index in [2.05, 4.69) is 69.8 Å². The Labute approximate surface area is 148 Å². The summed E-state index contributed by atoms with van der Waals surface area (Å²) in [6.07, 6.45) is 1.88. The summed E-state index contributed by atoms with van der Waals surface area (Å²) in [5.41, 5.74) is 6.19. The predicted octanol–water partition coefficient (Wildman–Crippen LogP) is 4.56. The number of aromatic nitrogens is 3. The molecule has 0 atom stereocenters. The summed E-state index contributed by atoms with van der Waals surface area (Å²) in [6.45, 7) is 0.925. The van der Waals surface area contributed by atoms with E-state index < -0.39 is 0 Å². The molecule has 0 bridgehead atoms. The summed E-state index contributed by atoms with van der Waals surface area (Å²) >= 11 is 1.88. The van der Waals surface area contributed by atoms with Gasteiger partial charge in [0.15, 0.2) is 5.01 Å². The van der Waals surface area contributed by atoms with Crippen molar-refractivity contribution in [1.82, 2.24) is 9.55 Å². The molecule has 118 valence electrons. The quantitative estimate of drug-likeness (QED) is 0.402. The van der Waals surface area contributed by atoms with Crippen molar-refractivity contribution in [2.45, 2.75) is 6.54 Å². The van der Waals surface area contributed by atoms with E-state index in [-0.39, 0.29) is 0 Å². The van der Waals surface area contributed by atoms with E-state index in [4.69, 9.17) is 4.98 Å². The van der Waals surface area contributed by atoms with E-state index in [9.17, 15) is 0 Å². The fourth-order valence-corrected chi connectivity index (χ4v) is 5.20. The predicted molar refractivity (Wildman–Crippen MR) is 101 cm³/mol. The third-order valence-corrected chi connectivity index (χ3v) is 6.19. The van der Waals surface area contributed by atoms with Gasteiger partial charge in [-0.1, -0.05) is 47.7 Å². The van der Waals surface area contributed by atoms with E-state index in [1.165, 1.54) is 31.9 Å². The topological polar surface area (TPSA) is 21.7 Å². The molecular weight excluding hydrogens is 326 g/mol. The van der Waals surface area contributed by atoms with Crippen molar-refractivity contribution in [1.29, 1.82) is 0 Å². The van der Waals surface area contributed by atoms with Crippen LogP contribution >= 0.6 is 11.3 Å². The molecular formula is C21H14N3S+. The van der Waals surface area contributed by atoms with Crippen molar-refractivity contribution in [3.8, 4) is 16.3 Å². The molecule has 6 rings (SSSR count). The number of hydrogen-bond donors (Lipinski definition) is 0. The van der Waals surface area contributed by atoms with Crippen molar-refractivity contribution in [3.63, 3.8) is 0 Å². The molecule has 3 nitrogen and oxygen atoms in total. The molecule has 2 aromatic carbocycles. The minimum atomic E-state index is 0.925. The van der Waals surface area contributed by atoms with Gasteiger partial charge in [-0.05, 0) is 30.3 Å². The molecule has 0 saturated heterocycles. The molecule has 0 fully saturated rings. The molecule has 4 heterocycles. The van der Waals surface area contributed by atoms with Crippen LogP contribution in [0.5, 0.6) is 0 Å². The monoisotopic (exact) mass is 340 g/mol. The van der Waals surface area contributed by atoms with Gasteiger partial charge < -0.3 is 0 Å². The van der Waals surface area contributed by atoms with E-state index in [1.54, 1.807) is 0 Å². The minimum absolute atomic E-state index is 0.925. The van der Waals surface area contributed by atoms with E-state index in [0.29, 0.717) is 0 Å². The average molecular weight is 340 g/mol. The number of rotatable bonds is 1. The van der Waals surface area contributed by atoms with Crippen LogP contribution in [0, 0.1) is 0 Å². The van der Waals surface area contributed by atoms with E-state index in [0.717, 1.165) is 17.9 Å². The highest BCUT2D eigenvalue weighted by Gasteiger charge is 2.34. The highest BCUT2D eigenvalue weighted by atomic mass is 32.1. The van der Waals surface area contributed by atoms with Crippen molar-refractivity contribution in [3.05, 3.63) is 78.5 Å². The van der Waals surface area contributed by atoms with Crippen LogP contribution in [0.3, 0.4) is 0 Å². The lowest BCUT2D eigenvalue weighted by molar-refractivity contribution is -0.644. The largest absolute Gasteiger partial charge is 0.308 e. The zero-order valence-electron chi connectivity index (χ0n) is 13.4. The van der Waals surface area contributed by atoms with Crippen LogP contribution in [0.25, 0.3) is 37.6 Å². The molecule has 5 aromatic rings. The van der Waals surface area contributed by atoms with Crippen molar-refractivity contribution >= 4 is 32.7 Å². The van der Waals surface area contributed by atoms with Gasteiger partial charge >= 0.3 is 5.65 Å². The zero-order chi connectivity index (χ0) is 16.4. The highest BCUT2D eigenvalue weighted by Crippen LogP contribution is 2.40. The molecule has 3 aromatic heterocycles. The fourth-order valence-electron chi connectivity index (χ4n) is 3.87. The molecule has 0 unspecified atom stereocenters. The van der Waals surface area contributed by atoms with Crippen LogP contribution < -0.4 is 4.57 Å². The number of fused-ring (bicyclic) bond motifs is 7. The highest BCUT2D eigenvalue weighted by molar-refractivity contribution is 7.22. The standard InChI is InChI=1S/C21H14N3S/c1-2-8-15(9-3-1)24-19-17(11-6-12-22-19)18-20(24)23-13-14-7-4-5-10-16(14)21(23)25-18/h1-12H,13H2/q+1. The molecule has 0 saturated carbocycles. The van der Waals surface area contributed by atoms with Gasteiger partial charge in [0, 0.05) is 17.3 Å². The summed E-state index contributed by atoms with van der Waals surface area (Å²) in [7, 11) is 0. The number of hydrogen-bond acceptors (Lipinski definition) is 2. The maximum absolute atomic E-state index is 4.70. The molecule has 25 heavy (non-hydrogen) atoms. The van der Waals surface area contributed by atoms with E-state index in [1.807, 2.05) is 23.6 Å². The van der Waals surface area contributed by atoms with Gasteiger partial charge in [-0.25, -0.2) is 9.55 Å². The summed E-state index contributed by atoms with van der Waals surface area (Å²) in [5.74, 6) is 0. The smallest absolute Gasteiger partial charge is 0.217 e. The lowest BCUT2D eigenvalue weighted by atomic mass is 10.1. The van der Waals surface area contributed by atoms with Crippen LogP contribution in [-0.2, 0) is 6.54 Å². The Balaban J connectivity index is 1.79. The number of nitrogens with zero attached hydrogens (tertiary/aromatic N) is 3. The van der Waals surface area contributed by atoms with E-state index >= 15 is 0 Å². The minimum Gasteiger partial charge on any atom is -0.217 e. The van der Waals surface area contributed by atoms with Gasteiger partial charge in [0.2, 0.25) is 5.65 Å². The van der Waals surface area contributed by atoms with Crippen LogP contribution in [0.2, 0.25) is 0 Å². The third-order valence-electron chi connectivity index (χ3n) is 4.95. The first-order valence-corrected chi connectivity index (χ1v) is 9.19. The molecule has 4 heteroatoms. The Morgan fingerprint density at radius 1 is 0.920 bits per heavy atom. The first-order chi connectivity index (χ1) is 12.4. The maximum atomic E-state index is 4.70. The Bertz CT molecular complexity index is 1260.